The number of hydrogen-bond donors (Lipinski definition) is 0. The summed E-state index contributed by atoms with van der Waals surface area (Å²) in [6, 6.07) is 4.34. The predicted octanol–water partition coefficient (Wildman–Crippen LogP) is 2.43. The first-order valence-corrected chi connectivity index (χ1v) is 7.10. The van der Waals surface area contributed by atoms with Crippen molar-refractivity contribution in [2.75, 3.05) is 0 Å². The maximum Gasteiger partial charge on any atom is 0.164 e. The normalized spacial score (nSPS) is 20.1. The van der Waals surface area contributed by atoms with Crippen molar-refractivity contribution in [1.82, 2.24) is 0 Å². The fraction of sp³-hybridized carbons (Fsp3) is 0.278. The Bertz CT molecular complexity index is 760. The van der Waals surface area contributed by atoms with Gasteiger partial charge >= 0.3 is 0 Å². The van der Waals surface area contributed by atoms with Gasteiger partial charge in [0.1, 0.15) is 0 Å². The van der Waals surface area contributed by atoms with Gasteiger partial charge in [-0.15, -0.1) is 0 Å². The maximum atomic E-state index is 12.2. The first-order chi connectivity index (χ1) is 9.34. The summed E-state index contributed by atoms with van der Waals surface area (Å²) in [5.41, 5.74) is 5.05. The third-order valence-electron chi connectivity index (χ3n) is 4.41. The molecule has 0 aliphatic heterocycles. The molecule has 19 heavy (non-hydrogen) atoms. The molecule has 0 atom stereocenters. The van der Waals surface area contributed by atoms with Gasteiger partial charge < -0.3 is 0 Å². The van der Waals surface area contributed by atoms with Gasteiger partial charge in [0.15, 0.2) is 5.78 Å². The molecule has 1 aromatic carbocycles. The van der Waals surface area contributed by atoms with Gasteiger partial charge in [-0.25, -0.2) is 0 Å². The highest BCUT2D eigenvalue weighted by atomic mass is 16.1. The fourth-order valence-electron chi connectivity index (χ4n) is 3.50. The van der Waals surface area contributed by atoms with E-state index in [1.54, 1.807) is 0 Å². The molecule has 0 bridgehead atoms. The van der Waals surface area contributed by atoms with E-state index in [4.69, 9.17) is 0 Å². The van der Waals surface area contributed by atoms with E-state index in [2.05, 4.69) is 36.4 Å². The van der Waals surface area contributed by atoms with Crippen molar-refractivity contribution >= 4 is 17.4 Å². The third-order valence-corrected chi connectivity index (χ3v) is 4.41. The number of allylic oxidation sites excluding steroid dienone is 4. The van der Waals surface area contributed by atoms with E-state index in [0.29, 0.717) is 12.2 Å². The lowest BCUT2D eigenvalue weighted by Gasteiger charge is -2.21. The summed E-state index contributed by atoms with van der Waals surface area (Å²) in [6.45, 7) is 0. The molecule has 3 aliphatic carbocycles. The van der Waals surface area contributed by atoms with Gasteiger partial charge in [0.05, 0.1) is 0 Å². The van der Waals surface area contributed by atoms with Crippen molar-refractivity contribution < 1.29 is 4.79 Å². The van der Waals surface area contributed by atoms with Crippen LogP contribution >= 0.6 is 0 Å². The lowest BCUT2D eigenvalue weighted by atomic mass is 9.82. The highest BCUT2D eigenvalue weighted by molar-refractivity contribution is 6.00. The number of carbonyl (C=O) groups excluding carboxylic acids is 1. The third kappa shape index (κ3) is 1.58. The zero-order chi connectivity index (χ0) is 12.8. The second-order valence-electron chi connectivity index (χ2n) is 5.51. The molecule has 1 heteroatoms. The van der Waals surface area contributed by atoms with E-state index >= 15 is 0 Å². The standard InChI is InChI=1S/C18H16O/c19-17-7-3-5-13-9-10-15-14-6-2-1-4-12(14)8-11-16(15)18(13)17/h2,5-6,8-10H,1,3-4,7,11H2. The van der Waals surface area contributed by atoms with Crippen LogP contribution in [0, 0.1) is 0 Å². The number of benzene rings is 1. The van der Waals surface area contributed by atoms with Crippen LogP contribution in [0.5, 0.6) is 0 Å². The largest absolute Gasteiger partial charge is 0.294 e. The molecule has 4 rings (SSSR count). The van der Waals surface area contributed by atoms with Crippen molar-refractivity contribution in [2.24, 2.45) is 0 Å². The Labute approximate surface area is 112 Å². The predicted molar refractivity (Wildman–Crippen MR) is 77.3 cm³/mol. The van der Waals surface area contributed by atoms with Gasteiger partial charge in [-0.3, -0.25) is 4.79 Å². The number of Topliss-reactive ketones (excluding diaryl/α,β-unsaturated/α-hetero) is 1. The SMILES string of the molecule is O=C1CCC=c2ccc3c(c21)CC=C1CCC=CC=31. The quantitative estimate of drug-likeness (QED) is 0.689. The minimum atomic E-state index is 0.326. The van der Waals surface area contributed by atoms with Crippen molar-refractivity contribution in [3.63, 3.8) is 0 Å². The minimum absolute atomic E-state index is 0.326. The Morgan fingerprint density at radius 1 is 1.00 bits per heavy atom. The molecule has 0 radical (unpaired) electrons. The van der Waals surface area contributed by atoms with Gasteiger partial charge in [-0.05, 0) is 52.8 Å². The monoisotopic (exact) mass is 248 g/mol. The van der Waals surface area contributed by atoms with Crippen molar-refractivity contribution in [2.45, 2.75) is 32.1 Å². The van der Waals surface area contributed by atoms with E-state index in [-0.39, 0.29) is 0 Å². The zero-order valence-electron chi connectivity index (χ0n) is 10.9. The molecule has 3 aliphatic rings. The molecule has 0 heterocycles. The molecule has 0 fully saturated rings. The number of ketones is 1. The molecular formula is C18H16O. The summed E-state index contributed by atoms with van der Waals surface area (Å²) in [5, 5.41) is 2.43. The Morgan fingerprint density at radius 2 is 1.95 bits per heavy atom. The Morgan fingerprint density at radius 3 is 2.89 bits per heavy atom. The number of fused-ring (bicyclic) bond motifs is 4. The molecule has 0 N–H and O–H groups in total. The van der Waals surface area contributed by atoms with Gasteiger partial charge in [0.2, 0.25) is 0 Å². The summed E-state index contributed by atoms with van der Waals surface area (Å²) < 4.78 is 0. The molecule has 94 valence electrons. The summed E-state index contributed by atoms with van der Waals surface area (Å²) in [4.78, 5) is 12.2. The smallest absolute Gasteiger partial charge is 0.164 e. The van der Waals surface area contributed by atoms with Crippen LogP contribution in [0.2, 0.25) is 0 Å². The van der Waals surface area contributed by atoms with E-state index < -0.39 is 0 Å². The summed E-state index contributed by atoms with van der Waals surface area (Å²) in [5.74, 6) is 0.326. The maximum absolute atomic E-state index is 12.2. The van der Waals surface area contributed by atoms with Crippen LogP contribution in [0.1, 0.15) is 41.6 Å². The van der Waals surface area contributed by atoms with Crippen LogP contribution in [0.4, 0.5) is 0 Å². The Kier molecular flexibility index (Phi) is 2.34. The van der Waals surface area contributed by atoms with Gasteiger partial charge in [0.25, 0.3) is 0 Å². The van der Waals surface area contributed by atoms with E-state index in [1.165, 1.54) is 21.9 Å². The molecule has 0 aromatic heterocycles. The van der Waals surface area contributed by atoms with Crippen LogP contribution in [0.15, 0.2) is 35.9 Å². The molecule has 0 saturated heterocycles. The van der Waals surface area contributed by atoms with Crippen molar-refractivity contribution in [3.8, 4) is 0 Å². The van der Waals surface area contributed by atoms with E-state index in [0.717, 1.165) is 36.5 Å². The Hall–Kier alpha value is -1.89. The molecule has 0 unspecified atom stereocenters. The average molecular weight is 248 g/mol. The first-order valence-electron chi connectivity index (χ1n) is 7.10. The number of hydrogen-bond acceptors (Lipinski definition) is 1. The van der Waals surface area contributed by atoms with Crippen LogP contribution in [0.25, 0.3) is 11.6 Å². The second-order valence-corrected chi connectivity index (χ2v) is 5.51. The number of rotatable bonds is 0. The van der Waals surface area contributed by atoms with Crippen LogP contribution < -0.4 is 10.4 Å². The molecular weight excluding hydrogens is 232 g/mol. The Balaban J connectivity index is 2.11. The molecule has 0 amide bonds. The highest BCUT2D eigenvalue weighted by Crippen LogP contribution is 2.27. The molecule has 0 saturated carbocycles. The molecule has 1 nitrogen and oxygen atoms in total. The lowest BCUT2D eigenvalue weighted by molar-refractivity contribution is 0.0980. The van der Waals surface area contributed by atoms with Gasteiger partial charge in [-0.2, -0.15) is 0 Å². The summed E-state index contributed by atoms with van der Waals surface area (Å²) in [6.07, 6.45) is 13.8. The molecule has 0 spiro atoms. The molecule has 1 aromatic rings. The first kappa shape index (κ1) is 11.0. The summed E-state index contributed by atoms with van der Waals surface area (Å²) in [7, 11) is 0. The zero-order valence-corrected chi connectivity index (χ0v) is 10.9. The minimum Gasteiger partial charge on any atom is -0.294 e. The highest BCUT2D eigenvalue weighted by Gasteiger charge is 2.21. The van der Waals surface area contributed by atoms with E-state index in [1.807, 2.05) is 0 Å². The van der Waals surface area contributed by atoms with Crippen molar-refractivity contribution in [1.29, 1.82) is 0 Å². The van der Waals surface area contributed by atoms with Crippen LogP contribution in [-0.2, 0) is 6.42 Å². The van der Waals surface area contributed by atoms with Crippen molar-refractivity contribution in [3.05, 3.63) is 57.5 Å². The average Bonchev–Trinajstić information content (AvgIpc) is 2.46. The van der Waals surface area contributed by atoms with Crippen LogP contribution in [-0.4, -0.2) is 5.78 Å². The lowest BCUT2D eigenvalue weighted by Crippen LogP contribution is -2.30. The van der Waals surface area contributed by atoms with Gasteiger partial charge in [-0.1, -0.05) is 36.4 Å². The second kappa shape index (κ2) is 4.06. The van der Waals surface area contributed by atoms with E-state index in [9.17, 15) is 4.79 Å². The topological polar surface area (TPSA) is 17.1 Å². The van der Waals surface area contributed by atoms with Crippen LogP contribution in [0.3, 0.4) is 0 Å². The fourth-order valence-corrected chi connectivity index (χ4v) is 3.50. The summed E-state index contributed by atoms with van der Waals surface area (Å²) >= 11 is 0. The van der Waals surface area contributed by atoms with Gasteiger partial charge in [0, 0.05) is 12.0 Å². The number of carbonyl (C=O) groups is 1.